The van der Waals surface area contributed by atoms with Gasteiger partial charge in [0.05, 0.1) is 5.71 Å². The van der Waals surface area contributed by atoms with Gasteiger partial charge in [0.15, 0.2) is 11.5 Å². The van der Waals surface area contributed by atoms with Crippen LogP contribution in [-0.2, 0) is 17.7 Å². The van der Waals surface area contributed by atoms with Crippen molar-refractivity contribution >= 4 is 5.71 Å². The van der Waals surface area contributed by atoms with Crippen molar-refractivity contribution in [2.75, 3.05) is 0 Å². The molecule has 0 fully saturated rings. The largest absolute Gasteiger partial charge is 0.508 e. The average molecular weight is 327 g/mol. The Labute approximate surface area is 140 Å². The number of nitrogens with zero attached hydrogens (tertiary/aromatic N) is 1. The monoisotopic (exact) mass is 327 g/mol. The zero-order valence-corrected chi connectivity index (χ0v) is 13.4. The SMILES string of the molecule is Oc1ccc(CC2CC(CCCc3ccc(O)c(O)c3)=NO2)cc1. The van der Waals surface area contributed by atoms with Gasteiger partial charge in [0.2, 0.25) is 0 Å². The number of oxime groups is 1. The van der Waals surface area contributed by atoms with Gasteiger partial charge < -0.3 is 20.2 Å². The summed E-state index contributed by atoms with van der Waals surface area (Å²) in [6, 6.07) is 12.1. The maximum Gasteiger partial charge on any atom is 0.157 e. The van der Waals surface area contributed by atoms with Crippen molar-refractivity contribution < 1.29 is 20.2 Å². The quantitative estimate of drug-likeness (QED) is 0.709. The number of phenolic OH excluding ortho intramolecular Hbond substituents is 3. The van der Waals surface area contributed by atoms with Gasteiger partial charge in [0.25, 0.3) is 0 Å². The number of aryl methyl sites for hydroxylation is 1. The van der Waals surface area contributed by atoms with E-state index < -0.39 is 0 Å². The van der Waals surface area contributed by atoms with Crippen LogP contribution in [-0.4, -0.2) is 27.1 Å². The van der Waals surface area contributed by atoms with Crippen molar-refractivity contribution in [1.29, 1.82) is 0 Å². The molecule has 1 aliphatic rings. The van der Waals surface area contributed by atoms with Crippen molar-refractivity contribution in [2.24, 2.45) is 5.16 Å². The summed E-state index contributed by atoms with van der Waals surface area (Å²) in [4.78, 5) is 5.49. The van der Waals surface area contributed by atoms with E-state index in [-0.39, 0.29) is 23.4 Å². The minimum Gasteiger partial charge on any atom is -0.508 e. The first-order chi connectivity index (χ1) is 11.6. The highest BCUT2D eigenvalue weighted by atomic mass is 16.6. The van der Waals surface area contributed by atoms with Crippen LogP contribution >= 0.6 is 0 Å². The number of hydrogen-bond donors (Lipinski definition) is 3. The van der Waals surface area contributed by atoms with Gasteiger partial charge in [-0.25, -0.2) is 0 Å². The summed E-state index contributed by atoms with van der Waals surface area (Å²) in [5, 5.41) is 32.3. The Morgan fingerprint density at radius 2 is 1.67 bits per heavy atom. The lowest BCUT2D eigenvalue weighted by Crippen LogP contribution is -2.11. The lowest BCUT2D eigenvalue weighted by Gasteiger charge is -2.08. The van der Waals surface area contributed by atoms with Gasteiger partial charge in [0.1, 0.15) is 11.9 Å². The minimum absolute atomic E-state index is 0.0576. The maximum atomic E-state index is 9.49. The van der Waals surface area contributed by atoms with E-state index in [1.165, 1.54) is 6.07 Å². The van der Waals surface area contributed by atoms with Crippen molar-refractivity contribution in [3.63, 3.8) is 0 Å². The third kappa shape index (κ3) is 4.19. The zero-order chi connectivity index (χ0) is 16.9. The Morgan fingerprint density at radius 1 is 0.917 bits per heavy atom. The normalized spacial score (nSPS) is 16.7. The molecule has 1 atom stereocenters. The third-order valence-corrected chi connectivity index (χ3v) is 4.16. The highest BCUT2D eigenvalue weighted by Gasteiger charge is 2.21. The molecule has 0 amide bonds. The van der Waals surface area contributed by atoms with E-state index in [0.717, 1.165) is 48.9 Å². The van der Waals surface area contributed by atoms with E-state index in [4.69, 9.17) is 4.84 Å². The molecule has 1 aliphatic heterocycles. The average Bonchev–Trinajstić information content (AvgIpc) is 3.00. The van der Waals surface area contributed by atoms with E-state index in [1.807, 2.05) is 18.2 Å². The lowest BCUT2D eigenvalue weighted by molar-refractivity contribution is 0.0859. The van der Waals surface area contributed by atoms with Crippen LogP contribution < -0.4 is 0 Å². The smallest absolute Gasteiger partial charge is 0.157 e. The molecule has 0 saturated heterocycles. The molecule has 3 N–H and O–H groups in total. The van der Waals surface area contributed by atoms with Crippen molar-refractivity contribution in [3.8, 4) is 17.2 Å². The fraction of sp³-hybridized carbons (Fsp3) is 0.316. The summed E-state index contributed by atoms with van der Waals surface area (Å²) < 4.78 is 0. The van der Waals surface area contributed by atoms with Crippen molar-refractivity contribution in [3.05, 3.63) is 53.6 Å². The first-order valence-electron chi connectivity index (χ1n) is 8.10. The number of aromatic hydroxyl groups is 3. The van der Waals surface area contributed by atoms with Gasteiger partial charge >= 0.3 is 0 Å². The molecule has 1 heterocycles. The van der Waals surface area contributed by atoms with E-state index in [1.54, 1.807) is 18.2 Å². The fourth-order valence-electron chi connectivity index (χ4n) is 2.86. The summed E-state index contributed by atoms with van der Waals surface area (Å²) >= 11 is 0. The van der Waals surface area contributed by atoms with E-state index >= 15 is 0 Å². The van der Waals surface area contributed by atoms with Gasteiger partial charge in [-0.3, -0.25) is 0 Å². The summed E-state index contributed by atoms with van der Waals surface area (Å²) in [6.45, 7) is 0. The molecule has 24 heavy (non-hydrogen) atoms. The molecule has 5 heteroatoms. The molecule has 0 bridgehead atoms. The predicted molar refractivity (Wildman–Crippen MR) is 91.4 cm³/mol. The number of phenols is 3. The molecule has 0 aromatic heterocycles. The van der Waals surface area contributed by atoms with E-state index in [9.17, 15) is 15.3 Å². The molecule has 0 radical (unpaired) electrons. The second kappa shape index (κ2) is 7.25. The maximum absolute atomic E-state index is 9.49. The van der Waals surface area contributed by atoms with Gasteiger partial charge in [-0.05, 0) is 54.7 Å². The Kier molecular flexibility index (Phi) is 4.89. The Bertz CT molecular complexity index is 725. The van der Waals surface area contributed by atoms with E-state index in [0.29, 0.717) is 0 Å². The number of benzene rings is 2. The number of hydrogen-bond acceptors (Lipinski definition) is 5. The van der Waals surface area contributed by atoms with Crippen LogP contribution in [0.3, 0.4) is 0 Å². The van der Waals surface area contributed by atoms with Crippen LogP contribution in [0.4, 0.5) is 0 Å². The van der Waals surface area contributed by atoms with Crippen LogP contribution in [0.15, 0.2) is 47.6 Å². The standard InChI is InChI=1S/C19H21NO4/c21-16-7-4-14(5-8-16)10-17-12-15(20-24-17)3-1-2-13-6-9-18(22)19(23)11-13/h4-9,11,17,21-23H,1-3,10,12H2. The fourth-order valence-corrected chi connectivity index (χ4v) is 2.86. The van der Waals surface area contributed by atoms with Gasteiger partial charge in [0, 0.05) is 12.8 Å². The molecule has 5 nitrogen and oxygen atoms in total. The molecule has 2 aromatic rings. The summed E-state index contributed by atoms with van der Waals surface area (Å²) in [5.74, 6) is 0.0932. The molecular formula is C19H21NO4. The molecule has 126 valence electrons. The van der Waals surface area contributed by atoms with Crippen LogP contribution in [0.25, 0.3) is 0 Å². The number of rotatable bonds is 6. The molecule has 1 unspecified atom stereocenters. The van der Waals surface area contributed by atoms with Gasteiger partial charge in [-0.2, -0.15) is 0 Å². The summed E-state index contributed by atoms with van der Waals surface area (Å²) in [5.41, 5.74) is 3.17. The molecule has 2 aromatic carbocycles. The van der Waals surface area contributed by atoms with E-state index in [2.05, 4.69) is 5.16 Å². The second-order valence-corrected chi connectivity index (χ2v) is 6.14. The lowest BCUT2D eigenvalue weighted by atomic mass is 10.00. The Hall–Kier alpha value is -2.69. The van der Waals surface area contributed by atoms with Gasteiger partial charge in [-0.15, -0.1) is 0 Å². The molecule has 0 spiro atoms. The van der Waals surface area contributed by atoms with Crippen LogP contribution in [0, 0.1) is 0 Å². The topological polar surface area (TPSA) is 82.3 Å². The summed E-state index contributed by atoms with van der Waals surface area (Å²) in [6.07, 6.45) is 4.24. The predicted octanol–water partition coefficient (Wildman–Crippen LogP) is 3.51. The van der Waals surface area contributed by atoms with Gasteiger partial charge in [-0.1, -0.05) is 23.4 Å². The van der Waals surface area contributed by atoms with Crippen LogP contribution in [0.1, 0.15) is 30.4 Å². The third-order valence-electron chi connectivity index (χ3n) is 4.16. The van der Waals surface area contributed by atoms with Crippen molar-refractivity contribution in [2.45, 2.75) is 38.2 Å². The first kappa shape index (κ1) is 16.2. The van der Waals surface area contributed by atoms with Crippen molar-refractivity contribution in [1.82, 2.24) is 0 Å². The molecule has 3 rings (SSSR count). The molecule has 0 saturated carbocycles. The Morgan fingerprint density at radius 3 is 2.42 bits per heavy atom. The first-order valence-corrected chi connectivity index (χ1v) is 8.10. The van der Waals surface area contributed by atoms with Crippen LogP contribution in [0.2, 0.25) is 0 Å². The summed E-state index contributed by atoms with van der Waals surface area (Å²) in [7, 11) is 0. The molecule has 0 aliphatic carbocycles. The second-order valence-electron chi connectivity index (χ2n) is 6.14. The zero-order valence-electron chi connectivity index (χ0n) is 13.4. The highest BCUT2D eigenvalue weighted by molar-refractivity contribution is 5.85. The molecular weight excluding hydrogens is 306 g/mol. The highest BCUT2D eigenvalue weighted by Crippen LogP contribution is 2.26. The van der Waals surface area contributed by atoms with Crippen LogP contribution in [0.5, 0.6) is 17.2 Å². The Balaban J connectivity index is 1.42. The minimum atomic E-state index is -0.0932.